The van der Waals surface area contributed by atoms with E-state index in [4.69, 9.17) is 5.11 Å². The smallest absolute Gasteiger partial charge is 0.321 e. The maximum absolute atomic E-state index is 13.0. The minimum Gasteiger partial charge on any atom is -0.480 e. The Labute approximate surface area is 111 Å². The molecule has 0 spiro atoms. The van der Waals surface area contributed by atoms with Crippen LogP contribution in [0.3, 0.4) is 0 Å². The van der Waals surface area contributed by atoms with Crippen LogP contribution in [0.2, 0.25) is 0 Å². The highest BCUT2D eigenvalue weighted by atomic mass is 32.2. The van der Waals surface area contributed by atoms with Gasteiger partial charge < -0.3 is 5.11 Å². The number of hydrogen-bond donors (Lipinski definition) is 2. The van der Waals surface area contributed by atoms with E-state index in [0.717, 1.165) is 12.1 Å². The van der Waals surface area contributed by atoms with E-state index < -0.39 is 27.9 Å². The molecule has 19 heavy (non-hydrogen) atoms. The highest BCUT2D eigenvalue weighted by Crippen LogP contribution is 2.13. The predicted molar refractivity (Wildman–Crippen MR) is 67.6 cm³/mol. The fourth-order valence-electron chi connectivity index (χ4n) is 1.56. The van der Waals surface area contributed by atoms with E-state index in [-0.39, 0.29) is 17.2 Å². The summed E-state index contributed by atoms with van der Waals surface area (Å²) in [6.07, 6.45) is 0.157. The van der Waals surface area contributed by atoms with Crippen LogP contribution in [0, 0.1) is 11.7 Å². The summed E-state index contributed by atoms with van der Waals surface area (Å²) in [4.78, 5) is 10.7. The molecule has 1 atom stereocenters. The largest absolute Gasteiger partial charge is 0.480 e. The maximum atomic E-state index is 13.0. The monoisotopic (exact) mass is 289 g/mol. The molecule has 1 aromatic carbocycles. The van der Waals surface area contributed by atoms with E-state index >= 15 is 0 Å². The third kappa shape index (κ3) is 4.60. The first-order valence-electron chi connectivity index (χ1n) is 5.73. The molecule has 1 unspecified atom stereocenters. The Morgan fingerprint density at radius 3 is 2.53 bits per heavy atom. The molecular formula is C12H16FNO4S. The molecule has 0 aliphatic carbocycles. The molecule has 0 aliphatic rings. The van der Waals surface area contributed by atoms with Crippen molar-refractivity contribution in [3.05, 3.63) is 30.1 Å². The van der Waals surface area contributed by atoms with E-state index in [9.17, 15) is 17.6 Å². The molecule has 0 aliphatic heterocycles. The fraction of sp³-hybridized carbons (Fsp3) is 0.417. The highest BCUT2D eigenvalue weighted by molar-refractivity contribution is 7.89. The van der Waals surface area contributed by atoms with Crippen LogP contribution in [0.4, 0.5) is 4.39 Å². The van der Waals surface area contributed by atoms with Crippen molar-refractivity contribution in [3.63, 3.8) is 0 Å². The van der Waals surface area contributed by atoms with Gasteiger partial charge in [0, 0.05) is 0 Å². The van der Waals surface area contributed by atoms with Gasteiger partial charge in [-0.1, -0.05) is 19.9 Å². The Morgan fingerprint density at radius 2 is 2.05 bits per heavy atom. The van der Waals surface area contributed by atoms with Gasteiger partial charge >= 0.3 is 5.97 Å². The number of halogens is 1. The zero-order valence-electron chi connectivity index (χ0n) is 10.6. The standard InChI is InChI=1S/C12H16FNO4S/c1-8(2)6-11(12(15)16)14-19(17,18)10-5-3-4-9(13)7-10/h3-5,7-8,11,14H,6H2,1-2H3,(H,15,16). The van der Waals surface area contributed by atoms with Gasteiger partial charge in [0.15, 0.2) is 0 Å². The third-order valence-electron chi connectivity index (χ3n) is 2.41. The average molecular weight is 289 g/mol. The lowest BCUT2D eigenvalue weighted by Gasteiger charge is -2.16. The summed E-state index contributed by atoms with van der Waals surface area (Å²) >= 11 is 0. The first kappa shape index (κ1) is 15.6. The van der Waals surface area contributed by atoms with E-state index in [1.54, 1.807) is 13.8 Å². The normalized spacial score (nSPS) is 13.5. The molecule has 0 amide bonds. The summed E-state index contributed by atoms with van der Waals surface area (Å²) in [5, 5.41) is 8.99. The summed E-state index contributed by atoms with van der Waals surface area (Å²) in [6.45, 7) is 3.57. The maximum Gasteiger partial charge on any atom is 0.321 e. The van der Waals surface area contributed by atoms with Crippen LogP contribution < -0.4 is 4.72 Å². The second-order valence-electron chi connectivity index (χ2n) is 4.60. The van der Waals surface area contributed by atoms with Crippen LogP contribution in [-0.2, 0) is 14.8 Å². The molecular weight excluding hydrogens is 273 g/mol. The third-order valence-corrected chi connectivity index (χ3v) is 3.88. The van der Waals surface area contributed by atoms with Crippen molar-refractivity contribution >= 4 is 16.0 Å². The molecule has 0 saturated heterocycles. The van der Waals surface area contributed by atoms with Crippen LogP contribution in [0.25, 0.3) is 0 Å². The number of carboxylic acid groups (broad SMARTS) is 1. The van der Waals surface area contributed by atoms with Crippen LogP contribution in [0.5, 0.6) is 0 Å². The number of aliphatic carboxylic acids is 1. The van der Waals surface area contributed by atoms with Gasteiger partial charge in [0.2, 0.25) is 10.0 Å². The predicted octanol–water partition coefficient (Wildman–Crippen LogP) is 1.60. The lowest BCUT2D eigenvalue weighted by molar-refractivity contribution is -0.139. The Kier molecular flexibility index (Phi) is 5.02. The van der Waals surface area contributed by atoms with Gasteiger partial charge in [-0.05, 0) is 30.5 Å². The number of benzene rings is 1. The molecule has 1 rings (SSSR count). The van der Waals surface area contributed by atoms with Crippen LogP contribution >= 0.6 is 0 Å². The van der Waals surface area contributed by atoms with Crippen molar-refractivity contribution in [3.8, 4) is 0 Å². The summed E-state index contributed by atoms with van der Waals surface area (Å²) in [5.41, 5.74) is 0. The van der Waals surface area contributed by atoms with E-state index in [2.05, 4.69) is 4.72 Å². The molecule has 0 radical (unpaired) electrons. The van der Waals surface area contributed by atoms with Gasteiger partial charge in [-0.15, -0.1) is 0 Å². The quantitative estimate of drug-likeness (QED) is 0.833. The Balaban J connectivity index is 2.97. The molecule has 0 saturated carbocycles. The average Bonchev–Trinajstić information content (AvgIpc) is 2.27. The summed E-state index contributed by atoms with van der Waals surface area (Å²) in [5.74, 6) is -1.94. The van der Waals surface area contributed by atoms with E-state index in [1.807, 2.05) is 0 Å². The molecule has 0 fully saturated rings. The molecule has 0 bridgehead atoms. The summed E-state index contributed by atoms with van der Waals surface area (Å²) in [7, 11) is -4.04. The molecule has 0 aromatic heterocycles. The van der Waals surface area contributed by atoms with Crippen LogP contribution in [0.1, 0.15) is 20.3 Å². The number of nitrogens with one attached hydrogen (secondary N) is 1. The number of sulfonamides is 1. The summed E-state index contributed by atoms with van der Waals surface area (Å²) < 4.78 is 38.9. The lowest BCUT2D eigenvalue weighted by atomic mass is 10.1. The second-order valence-corrected chi connectivity index (χ2v) is 6.31. The van der Waals surface area contributed by atoms with Crippen molar-refractivity contribution in [2.45, 2.75) is 31.2 Å². The van der Waals surface area contributed by atoms with Crippen LogP contribution in [0.15, 0.2) is 29.2 Å². The molecule has 5 nitrogen and oxygen atoms in total. The first-order chi connectivity index (χ1) is 8.72. The zero-order chi connectivity index (χ0) is 14.6. The van der Waals surface area contributed by atoms with Crippen molar-refractivity contribution in [2.24, 2.45) is 5.92 Å². The van der Waals surface area contributed by atoms with Gasteiger partial charge in [0.05, 0.1) is 4.90 Å². The number of carboxylic acids is 1. The van der Waals surface area contributed by atoms with Gasteiger partial charge in [0.25, 0.3) is 0 Å². The van der Waals surface area contributed by atoms with Crippen molar-refractivity contribution < 1.29 is 22.7 Å². The highest BCUT2D eigenvalue weighted by Gasteiger charge is 2.26. The van der Waals surface area contributed by atoms with Gasteiger partial charge in [-0.25, -0.2) is 12.8 Å². The van der Waals surface area contributed by atoms with Crippen molar-refractivity contribution in [1.29, 1.82) is 0 Å². The number of rotatable bonds is 6. The van der Waals surface area contributed by atoms with Gasteiger partial charge in [-0.2, -0.15) is 4.72 Å². The Hall–Kier alpha value is -1.47. The lowest BCUT2D eigenvalue weighted by Crippen LogP contribution is -2.41. The number of carbonyl (C=O) groups is 1. The Bertz CT molecular complexity index is 557. The van der Waals surface area contributed by atoms with E-state index in [1.165, 1.54) is 12.1 Å². The van der Waals surface area contributed by atoms with Gasteiger partial charge in [-0.3, -0.25) is 4.79 Å². The molecule has 7 heteroatoms. The second kappa shape index (κ2) is 6.12. The zero-order valence-corrected chi connectivity index (χ0v) is 11.4. The molecule has 106 valence electrons. The molecule has 2 N–H and O–H groups in total. The molecule has 0 heterocycles. The van der Waals surface area contributed by atoms with Crippen molar-refractivity contribution in [2.75, 3.05) is 0 Å². The first-order valence-corrected chi connectivity index (χ1v) is 7.21. The topological polar surface area (TPSA) is 83.5 Å². The minimum absolute atomic E-state index is 0.0105. The number of hydrogen-bond acceptors (Lipinski definition) is 3. The minimum atomic E-state index is -4.04. The Morgan fingerprint density at radius 1 is 1.42 bits per heavy atom. The van der Waals surface area contributed by atoms with Crippen LogP contribution in [-0.4, -0.2) is 25.5 Å². The van der Waals surface area contributed by atoms with Crippen molar-refractivity contribution in [1.82, 2.24) is 4.72 Å². The molecule has 1 aromatic rings. The summed E-state index contributed by atoms with van der Waals surface area (Å²) in [6, 6.07) is 3.19. The fourth-order valence-corrected chi connectivity index (χ4v) is 2.79. The van der Waals surface area contributed by atoms with Gasteiger partial charge in [0.1, 0.15) is 11.9 Å². The SMILES string of the molecule is CC(C)CC(NS(=O)(=O)c1cccc(F)c1)C(=O)O. The van der Waals surface area contributed by atoms with E-state index in [0.29, 0.717) is 0 Å².